The largest absolute Gasteiger partial charge is 0.368 e. The molecule has 0 bridgehead atoms. The molecule has 24 heavy (non-hydrogen) atoms. The number of nitrogen functional groups attached to an aromatic ring is 2. The molecule has 7 nitrogen and oxygen atoms in total. The van der Waals surface area contributed by atoms with Crippen molar-refractivity contribution in [2.45, 2.75) is 37.0 Å². The van der Waals surface area contributed by atoms with Gasteiger partial charge in [0, 0.05) is 10.3 Å². The fraction of sp³-hybridized carbons (Fsp3) is 0.400. The summed E-state index contributed by atoms with van der Waals surface area (Å²) < 4.78 is 0. The number of aromatic nitrogens is 5. The van der Waals surface area contributed by atoms with E-state index in [1.807, 2.05) is 0 Å². The smallest absolute Gasteiger partial charge is 0.225 e. The molecule has 4 N–H and O–H groups in total. The van der Waals surface area contributed by atoms with Crippen LogP contribution in [0, 0.1) is 5.92 Å². The van der Waals surface area contributed by atoms with Gasteiger partial charge < -0.3 is 11.5 Å². The molecule has 0 aromatic carbocycles. The summed E-state index contributed by atoms with van der Waals surface area (Å²) in [7, 11) is 0. The van der Waals surface area contributed by atoms with E-state index in [4.69, 9.17) is 11.5 Å². The van der Waals surface area contributed by atoms with E-state index in [1.165, 1.54) is 22.2 Å². The number of aryl methyl sites for hydroxylation is 1. The summed E-state index contributed by atoms with van der Waals surface area (Å²) in [6.45, 7) is 2.31. The number of thioether (sulfide) groups is 1. The Labute approximate surface area is 147 Å². The maximum atomic E-state index is 5.63. The van der Waals surface area contributed by atoms with E-state index in [0.29, 0.717) is 11.6 Å². The quantitative estimate of drug-likeness (QED) is 0.541. The van der Waals surface area contributed by atoms with Crippen LogP contribution in [0.5, 0.6) is 0 Å². The first-order valence-corrected chi connectivity index (χ1v) is 9.54. The first-order valence-electron chi connectivity index (χ1n) is 7.74. The minimum Gasteiger partial charge on any atom is -0.368 e. The van der Waals surface area contributed by atoms with Crippen LogP contribution in [-0.4, -0.2) is 24.9 Å². The van der Waals surface area contributed by atoms with Crippen LogP contribution in [0.4, 0.5) is 11.9 Å². The first kappa shape index (κ1) is 15.5. The van der Waals surface area contributed by atoms with Gasteiger partial charge in [0.25, 0.3) is 0 Å². The lowest BCUT2D eigenvalue weighted by Gasteiger charge is -2.18. The first-order chi connectivity index (χ1) is 11.6. The van der Waals surface area contributed by atoms with Crippen LogP contribution in [0.15, 0.2) is 11.4 Å². The van der Waals surface area contributed by atoms with Gasteiger partial charge in [-0.25, -0.2) is 9.97 Å². The molecule has 0 aliphatic heterocycles. The van der Waals surface area contributed by atoms with Crippen LogP contribution in [-0.2, 0) is 18.6 Å². The summed E-state index contributed by atoms with van der Waals surface area (Å²) in [5.74, 6) is 2.14. The molecule has 0 saturated heterocycles. The normalized spacial score (nSPS) is 17.1. The molecule has 124 valence electrons. The number of rotatable bonds is 3. The standard InChI is InChI=1S/C15H17N7S2/c1-7-2-3-8-9(4-7)24-13-11(8)12(18-6-19-13)23-5-10-20-14(16)22-15(17)21-10/h6-7H,2-5H2,1H3,(H4,16,17,20,21,22)/t7-/m1/s1. The average Bonchev–Trinajstić information content (AvgIpc) is 2.89. The van der Waals surface area contributed by atoms with Crippen molar-refractivity contribution in [1.29, 1.82) is 0 Å². The minimum atomic E-state index is 0.146. The second kappa shape index (κ2) is 6.14. The van der Waals surface area contributed by atoms with Gasteiger partial charge in [0.2, 0.25) is 11.9 Å². The van der Waals surface area contributed by atoms with Gasteiger partial charge in [0.1, 0.15) is 22.0 Å². The van der Waals surface area contributed by atoms with Crippen molar-refractivity contribution in [3.63, 3.8) is 0 Å². The molecule has 9 heteroatoms. The van der Waals surface area contributed by atoms with Gasteiger partial charge in [-0.05, 0) is 30.7 Å². The Bertz CT molecular complexity index is 888. The van der Waals surface area contributed by atoms with Crippen LogP contribution in [0.2, 0.25) is 0 Å². The second-order valence-corrected chi connectivity index (χ2v) is 8.02. The molecule has 0 amide bonds. The van der Waals surface area contributed by atoms with Crippen molar-refractivity contribution in [2.75, 3.05) is 11.5 Å². The van der Waals surface area contributed by atoms with Crippen molar-refractivity contribution in [3.05, 3.63) is 22.6 Å². The maximum Gasteiger partial charge on any atom is 0.225 e. The second-order valence-electron chi connectivity index (χ2n) is 5.97. The van der Waals surface area contributed by atoms with Crippen molar-refractivity contribution >= 4 is 45.2 Å². The van der Waals surface area contributed by atoms with Crippen molar-refractivity contribution in [2.24, 2.45) is 5.92 Å². The molecule has 1 atom stereocenters. The van der Waals surface area contributed by atoms with Crippen molar-refractivity contribution in [1.82, 2.24) is 24.9 Å². The molecular formula is C15H17N7S2. The molecular weight excluding hydrogens is 342 g/mol. The number of nitrogens with two attached hydrogens (primary N) is 2. The van der Waals surface area contributed by atoms with E-state index in [1.54, 1.807) is 29.4 Å². The van der Waals surface area contributed by atoms with Gasteiger partial charge in [-0.15, -0.1) is 11.3 Å². The Hall–Kier alpha value is -2.00. The SMILES string of the molecule is C[C@@H]1CCc2c(sc3ncnc(SCc4nc(N)nc(N)n4)c23)C1. The van der Waals surface area contributed by atoms with Crippen molar-refractivity contribution < 1.29 is 0 Å². The van der Waals surface area contributed by atoms with E-state index in [-0.39, 0.29) is 11.9 Å². The third-order valence-corrected chi connectivity index (χ3v) is 6.26. The van der Waals surface area contributed by atoms with Gasteiger partial charge in [-0.1, -0.05) is 18.7 Å². The summed E-state index contributed by atoms with van der Waals surface area (Å²) in [4.78, 5) is 23.5. The lowest BCUT2D eigenvalue weighted by Crippen LogP contribution is -2.08. The molecule has 1 aliphatic rings. The van der Waals surface area contributed by atoms with Crippen LogP contribution >= 0.6 is 23.1 Å². The summed E-state index contributed by atoms with van der Waals surface area (Å²) in [6.07, 6.45) is 5.09. The number of anilines is 2. The summed E-state index contributed by atoms with van der Waals surface area (Å²) in [5, 5.41) is 2.18. The molecule has 1 aliphatic carbocycles. The zero-order valence-electron chi connectivity index (χ0n) is 13.2. The minimum absolute atomic E-state index is 0.146. The fourth-order valence-electron chi connectivity index (χ4n) is 3.01. The van der Waals surface area contributed by atoms with E-state index < -0.39 is 0 Å². The highest BCUT2D eigenvalue weighted by Crippen LogP contribution is 2.40. The average molecular weight is 359 g/mol. The van der Waals surface area contributed by atoms with Gasteiger partial charge in [-0.3, -0.25) is 0 Å². The highest BCUT2D eigenvalue weighted by atomic mass is 32.2. The molecule has 0 saturated carbocycles. The maximum absolute atomic E-state index is 5.63. The van der Waals surface area contributed by atoms with Gasteiger partial charge >= 0.3 is 0 Å². The van der Waals surface area contributed by atoms with Gasteiger partial charge in [-0.2, -0.15) is 15.0 Å². The van der Waals surface area contributed by atoms with E-state index >= 15 is 0 Å². The zero-order valence-corrected chi connectivity index (χ0v) is 14.8. The highest BCUT2D eigenvalue weighted by Gasteiger charge is 2.23. The molecule has 0 fully saturated rings. The lowest BCUT2D eigenvalue weighted by atomic mass is 9.89. The Balaban J connectivity index is 1.67. The number of nitrogens with zero attached hydrogens (tertiary/aromatic N) is 5. The van der Waals surface area contributed by atoms with Crippen molar-refractivity contribution in [3.8, 4) is 0 Å². The highest BCUT2D eigenvalue weighted by molar-refractivity contribution is 7.98. The summed E-state index contributed by atoms with van der Waals surface area (Å²) in [6, 6.07) is 0. The number of hydrogen-bond acceptors (Lipinski definition) is 9. The molecule has 3 heterocycles. The number of hydrogen-bond donors (Lipinski definition) is 2. The molecule has 0 spiro atoms. The van der Waals surface area contributed by atoms with Crippen LogP contribution in [0.25, 0.3) is 10.2 Å². The molecule has 0 radical (unpaired) electrons. The third-order valence-electron chi connectivity index (χ3n) is 4.11. The predicted octanol–water partition coefficient (Wildman–Crippen LogP) is 2.46. The molecule has 3 aromatic heterocycles. The Morgan fingerprint density at radius 1 is 1.21 bits per heavy atom. The lowest BCUT2D eigenvalue weighted by molar-refractivity contribution is 0.509. The third kappa shape index (κ3) is 2.89. The molecule has 4 rings (SSSR count). The number of thiophene rings is 1. The summed E-state index contributed by atoms with van der Waals surface area (Å²) in [5.41, 5.74) is 12.7. The monoisotopic (exact) mass is 359 g/mol. The summed E-state index contributed by atoms with van der Waals surface area (Å²) >= 11 is 3.39. The molecule has 0 unspecified atom stereocenters. The molecule has 3 aromatic rings. The Kier molecular flexibility index (Phi) is 3.97. The van der Waals surface area contributed by atoms with Crippen LogP contribution in [0.1, 0.15) is 29.6 Å². The van der Waals surface area contributed by atoms with E-state index in [2.05, 4.69) is 31.8 Å². The van der Waals surface area contributed by atoms with E-state index in [0.717, 1.165) is 28.6 Å². The zero-order chi connectivity index (χ0) is 16.7. The topological polar surface area (TPSA) is 116 Å². The Morgan fingerprint density at radius 2 is 2.00 bits per heavy atom. The fourth-order valence-corrected chi connectivity index (χ4v) is 5.31. The number of fused-ring (bicyclic) bond motifs is 3. The van der Waals surface area contributed by atoms with Gasteiger partial charge in [0.15, 0.2) is 0 Å². The Morgan fingerprint density at radius 3 is 2.79 bits per heavy atom. The van der Waals surface area contributed by atoms with Crippen LogP contribution in [0.3, 0.4) is 0 Å². The van der Waals surface area contributed by atoms with Crippen LogP contribution < -0.4 is 11.5 Å². The van der Waals surface area contributed by atoms with E-state index in [9.17, 15) is 0 Å². The predicted molar refractivity (Wildman–Crippen MR) is 96.8 cm³/mol. The van der Waals surface area contributed by atoms with Gasteiger partial charge in [0.05, 0.1) is 5.75 Å².